The summed E-state index contributed by atoms with van der Waals surface area (Å²) in [6, 6.07) is 3.25. The lowest BCUT2D eigenvalue weighted by atomic mass is 10.0. The van der Waals surface area contributed by atoms with Gasteiger partial charge >= 0.3 is 0 Å². The molecule has 2 N–H and O–H groups in total. The van der Waals surface area contributed by atoms with Gasteiger partial charge in [-0.1, -0.05) is 0 Å². The van der Waals surface area contributed by atoms with Gasteiger partial charge in [0.05, 0.1) is 6.04 Å². The van der Waals surface area contributed by atoms with Gasteiger partial charge < -0.3 is 10.6 Å². The zero-order chi connectivity index (χ0) is 13.1. The molecule has 1 aliphatic rings. The molecule has 2 heterocycles. The molecule has 5 heteroatoms. The minimum absolute atomic E-state index is 0.379. The highest BCUT2D eigenvalue weighted by Gasteiger charge is 2.27. The fourth-order valence-electron chi connectivity index (χ4n) is 2.64. The van der Waals surface area contributed by atoms with Gasteiger partial charge in [0.1, 0.15) is 0 Å². The molecule has 0 spiro atoms. The molecule has 0 saturated carbocycles. The van der Waals surface area contributed by atoms with Crippen molar-refractivity contribution in [2.45, 2.75) is 24.9 Å². The molecule has 3 nitrogen and oxygen atoms in total. The number of hydrogen-bond acceptors (Lipinski definition) is 4. The number of hydrogen-bond donors (Lipinski definition) is 1. The summed E-state index contributed by atoms with van der Waals surface area (Å²) in [5.41, 5.74) is 6.00. The molecule has 2 rings (SSSR count). The molecule has 0 aliphatic carbocycles. The summed E-state index contributed by atoms with van der Waals surface area (Å²) in [6.45, 7) is 3.00. The van der Waals surface area contributed by atoms with E-state index >= 15 is 0 Å². The van der Waals surface area contributed by atoms with Crippen LogP contribution in [0.1, 0.15) is 23.8 Å². The van der Waals surface area contributed by atoms with Crippen LogP contribution in [0.4, 0.5) is 0 Å². The maximum atomic E-state index is 6.00. The molecule has 2 unspecified atom stereocenters. The van der Waals surface area contributed by atoms with Crippen LogP contribution in [0.3, 0.4) is 0 Å². The van der Waals surface area contributed by atoms with Crippen molar-refractivity contribution in [3.05, 3.63) is 20.8 Å². The van der Waals surface area contributed by atoms with Gasteiger partial charge in [-0.25, -0.2) is 0 Å². The maximum absolute atomic E-state index is 6.00. The minimum Gasteiger partial charge on any atom is -0.329 e. The Balaban J connectivity index is 2.08. The molecular weight excluding hydrogens is 310 g/mol. The van der Waals surface area contributed by atoms with Gasteiger partial charge in [-0.3, -0.25) is 4.90 Å². The number of piperidine rings is 1. The number of nitrogens with zero attached hydrogens (tertiary/aromatic N) is 2. The normalized spacial score (nSPS) is 23.5. The molecule has 1 aromatic rings. The highest BCUT2D eigenvalue weighted by molar-refractivity contribution is 9.10. The Hall–Kier alpha value is 0.0600. The SMILES string of the molecule is CN(C)C1CCCN(C(CN)c2cc(Br)cs2)C1. The van der Waals surface area contributed by atoms with Crippen molar-refractivity contribution in [1.29, 1.82) is 0 Å². The lowest BCUT2D eigenvalue weighted by Crippen LogP contribution is -2.47. The standard InChI is InChI=1S/C13H22BrN3S/c1-16(2)11-4-3-5-17(8-11)12(7-15)13-6-10(14)9-18-13/h6,9,11-12H,3-5,7-8,15H2,1-2H3. The second-order valence-corrected chi connectivity index (χ2v) is 7.03. The summed E-state index contributed by atoms with van der Waals surface area (Å²) in [5, 5.41) is 2.14. The van der Waals surface area contributed by atoms with Gasteiger partial charge in [0.15, 0.2) is 0 Å². The third-order valence-electron chi connectivity index (χ3n) is 3.74. The van der Waals surface area contributed by atoms with Crippen LogP contribution in [-0.4, -0.2) is 49.6 Å². The summed E-state index contributed by atoms with van der Waals surface area (Å²) < 4.78 is 1.17. The molecule has 1 saturated heterocycles. The van der Waals surface area contributed by atoms with Crippen LogP contribution in [0.25, 0.3) is 0 Å². The van der Waals surface area contributed by atoms with Crippen molar-refractivity contribution in [2.75, 3.05) is 33.7 Å². The van der Waals surface area contributed by atoms with Crippen LogP contribution in [0.2, 0.25) is 0 Å². The molecule has 1 aromatic heterocycles. The summed E-state index contributed by atoms with van der Waals surface area (Å²) >= 11 is 5.33. The third-order valence-corrected chi connectivity index (χ3v) is 5.53. The Labute approximate surface area is 122 Å². The first kappa shape index (κ1) is 14.5. The van der Waals surface area contributed by atoms with Crippen molar-refractivity contribution >= 4 is 27.3 Å². The van der Waals surface area contributed by atoms with Crippen molar-refractivity contribution in [3.8, 4) is 0 Å². The molecule has 2 atom stereocenters. The first-order chi connectivity index (χ1) is 8.61. The van der Waals surface area contributed by atoms with E-state index in [0.29, 0.717) is 18.6 Å². The van der Waals surface area contributed by atoms with Gasteiger partial charge in [-0.15, -0.1) is 11.3 Å². The van der Waals surface area contributed by atoms with E-state index in [-0.39, 0.29) is 0 Å². The van der Waals surface area contributed by atoms with E-state index in [2.05, 4.69) is 51.3 Å². The van der Waals surface area contributed by atoms with Crippen LogP contribution >= 0.6 is 27.3 Å². The van der Waals surface area contributed by atoms with Crippen molar-refractivity contribution in [1.82, 2.24) is 9.80 Å². The number of likely N-dealkylation sites (tertiary alicyclic amines) is 1. The molecular formula is C13H22BrN3S. The lowest BCUT2D eigenvalue weighted by molar-refractivity contribution is 0.0997. The maximum Gasteiger partial charge on any atom is 0.0565 e. The highest BCUT2D eigenvalue weighted by Crippen LogP contribution is 2.31. The van der Waals surface area contributed by atoms with Crippen LogP contribution in [0, 0.1) is 0 Å². The number of rotatable bonds is 4. The average Bonchev–Trinajstić information content (AvgIpc) is 2.77. The molecule has 0 radical (unpaired) electrons. The van der Waals surface area contributed by atoms with E-state index < -0.39 is 0 Å². The van der Waals surface area contributed by atoms with E-state index in [9.17, 15) is 0 Å². The molecule has 0 amide bonds. The molecule has 0 aromatic carbocycles. The van der Waals surface area contributed by atoms with Crippen molar-refractivity contribution < 1.29 is 0 Å². The monoisotopic (exact) mass is 331 g/mol. The number of thiophene rings is 1. The lowest BCUT2D eigenvalue weighted by Gasteiger charge is -2.39. The highest BCUT2D eigenvalue weighted by atomic mass is 79.9. The first-order valence-electron chi connectivity index (χ1n) is 6.46. The van der Waals surface area contributed by atoms with Gasteiger partial charge in [0, 0.05) is 33.9 Å². The van der Waals surface area contributed by atoms with Gasteiger partial charge in [0.25, 0.3) is 0 Å². The molecule has 1 fully saturated rings. The Kier molecular flexibility index (Phi) is 5.21. The van der Waals surface area contributed by atoms with Crippen LogP contribution in [0.15, 0.2) is 15.9 Å². The second-order valence-electron chi connectivity index (χ2n) is 5.17. The van der Waals surface area contributed by atoms with E-state index in [1.54, 1.807) is 11.3 Å². The predicted octanol–water partition coefficient (Wildman–Crippen LogP) is 2.54. The fourth-order valence-corrected chi connectivity index (χ4v) is 4.23. The Bertz CT molecular complexity index is 380. The average molecular weight is 332 g/mol. The fraction of sp³-hybridized carbons (Fsp3) is 0.692. The van der Waals surface area contributed by atoms with Gasteiger partial charge in [0.2, 0.25) is 0 Å². The van der Waals surface area contributed by atoms with Crippen molar-refractivity contribution in [3.63, 3.8) is 0 Å². The second kappa shape index (κ2) is 6.48. The first-order valence-corrected chi connectivity index (χ1v) is 8.13. The van der Waals surface area contributed by atoms with E-state index in [4.69, 9.17) is 5.73 Å². The number of likely N-dealkylation sites (N-methyl/N-ethyl adjacent to an activating group) is 1. The van der Waals surface area contributed by atoms with Gasteiger partial charge in [-0.2, -0.15) is 0 Å². The summed E-state index contributed by atoms with van der Waals surface area (Å²) in [5.74, 6) is 0. The molecule has 102 valence electrons. The molecule has 1 aliphatic heterocycles. The molecule has 18 heavy (non-hydrogen) atoms. The van der Waals surface area contributed by atoms with Crippen LogP contribution < -0.4 is 5.73 Å². The minimum atomic E-state index is 0.379. The quantitative estimate of drug-likeness (QED) is 0.920. The van der Waals surface area contributed by atoms with Crippen molar-refractivity contribution in [2.24, 2.45) is 5.73 Å². The zero-order valence-corrected chi connectivity index (χ0v) is 13.5. The van der Waals surface area contributed by atoms with Crippen LogP contribution in [-0.2, 0) is 0 Å². The molecule has 0 bridgehead atoms. The topological polar surface area (TPSA) is 32.5 Å². The predicted molar refractivity (Wildman–Crippen MR) is 82.1 cm³/mol. The summed E-state index contributed by atoms with van der Waals surface area (Å²) in [4.78, 5) is 6.26. The number of halogens is 1. The summed E-state index contributed by atoms with van der Waals surface area (Å²) in [7, 11) is 4.35. The van der Waals surface area contributed by atoms with Gasteiger partial charge in [-0.05, 0) is 55.5 Å². The Morgan fingerprint density at radius 3 is 2.94 bits per heavy atom. The summed E-state index contributed by atoms with van der Waals surface area (Å²) in [6.07, 6.45) is 2.57. The zero-order valence-electron chi connectivity index (χ0n) is 11.1. The number of nitrogens with two attached hydrogens (primary N) is 1. The Morgan fingerprint density at radius 1 is 1.61 bits per heavy atom. The van der Waals surface area contributed by atoms with Crippen LogP contribution in [0.5, 0.6) is 0 Å². The largest absolute Gasteiger partial charge is 0.329 e. The third kappa shape index (κ3) is 3.33. The Morgan fingerprint density at radius 2 is 2.39 bits per heavy atom. The smallest absolute Gasteiger partial charge is 0.0565 e. The van der Waals surface area contributed by atoms with E-state index in [1.165, 1.54) is 28.7 Å². The van der Waals surface area contributed by atoms with E-state index in [1.807, 2.05) is 0 Å². The van der Waals surface area contributed by atoms with E-state index in [0.717, 1.165) is 6.54 Å².